The number of likely N-dealkylation sites (tertiary alicyclic amines) is 1. The molecule has 1 saturated carbocycles. The highest BCUT2D eigenvalue weighted by molar-refractivity contribution is 7.90. The number of pyridine rings is 1. The normalized spacial score (nSPS) is 19.6. The largest absolute Gasteiger partial charge is 0.497 e. The monoisotopic (exact) mass is 879 g/mol. The van der Waals surface area contributed by atoms with Crippen molar-refractivity contribution < 1.29 is 55.0 Å². The molecule has 0 spiro atoms. The molecule has 0 radical (unpaired) electrons. The fourth-order valence-electron chi connectivity index (χ4n) is 7.15. The lowest BCUT2D eigenvalue weighted by molar-refractivity contribution is -0.142. The second-order valence-corrected chi connectivity index (χ2v) is 18.9. The fourth-order valence-corrected chi connectivity index (χ4v) is 8.41. The van der Waals surface area contributed by atoms with Crippen LogP contribution in [0.15, 0.2) is 95.9 Å². The Balaban J connectivity index is 1.34. The molecule has 1 unspecified atom stereocenters. The van der Waals surface area contributed by atoms with Crippen molar-refractivity contribution in [3.8, 4) is 22.8 Å². The Morgan fingerprint density at radius 2 is 1.58 bits per heavy atom. The molecule has 1 aromatic heterocycles. The van der Waals surface area contributed by atoms with Crippen LogP contribution in [0.1, 0.15) is 59.9 Å². The molecule has 4 atom stereocenters. The lowest BCUT2D eigenvalue weighted by Crippen LogP contribution is -2.60. The van der Waals surface area contributed by atoms with Crippen LogP contribution in [0.2, 0.25) is 0 Å². The molecule has 4 aromatic rings. The smallest absolute Gasteiger partial charge is 0.417 e. The van der Waals surface area contributed by atoms with Gasteiger partial charge in [0.2, 0.25) is 11.8 Å². The summed E-state index contributed by atoms with van der Waals surface area (Å²) in [5, 5.41) is 5.79. The molecule has 2 heterocycles. The molecule has 1 aliphatic heterocycles. The van der Waals surface area contributed by atoms with Gasteiger partial charge in [-0.25, -0.2) is 22.9 Å². The van der Waals surface area contributed by atoms with Gasteiger partial charge in [-0.15, -0.1) is 0 Å². The standard InChI is InChI=1S/C44H48F3N5O9S/c1-25-23-43(25,39(55)51-62(57,58)35-17-13-12-16-30(35)44(45,46)47)50-37(53)33-21-28(24-52(33)38(54)36(41(2,3)4)49-40(56)61-42(5,6)7)60-34-22-31(26-14-10-9-11-15-26)48-32-20-27(59-8)18-19-29(32)34/h9-20,22,28,33,36H,1,21,23-24H2,2-8H3,(H,49,56)(H,50,53)(H,51,55)/t28-,33+,36?,43-/m1/s1. The predicted molar refractivity (Wildman–Crippen MR) is 222 cm³/mol. The van der Waals surface area contributed by atoms with Gasteiger partial charge in [0.05, 0.1) is 35.3 Å². The van der Waals surface area contributed by atoms with Crippen molar-refractivity contribution in [1.82, 2.24) is 25.2 Å². The maximum Gasteiger partial charge on any atom is 0.417 e. The van der Waals surface area contributed by atoms with E-state index in [4.69, 9.17) is 19.2 Å². The van der Waals surface area contributed by atoms with E-state index in [2.05, 4.69) is 17.2 Å². The molecule has 4 amide bonds. The lowest BCUT2D eigenvalue weighted by Gasteiger charge is -2.36. The van der Waals surface area contributed by atoms with Gasteiger partial charge in [0.1, 0.15) is 40.8 Å². The van der Waals surface area contributed by atoms with E-state index in [0.717, 1.165) is 17.7 Å². The van der Waals surface area contributed by atoms with E-state index in [1.54, 1.807) is 70.5 Å². The van der Waals surface area contributed by atoms with Gasteiger partial charge in [-0.3, -0.25) is 14.4 Å². The molecule has 14 nitrogen and oxygen atoms in total. The zero-order chi connectivity index (χ0) is 45.6. The van der Waals surface area contributed by atoms with Gasteiger partial charge in [-0.2, -0.15) is 13.2 Å². The van der Waals surface area contributed by atoms with Crippen molar-refractivity contribution in [3.63, 3.8) is 0 Å². The molecular formula is C44H48F3N5O9S. The molecule has 18 heteroatoms. The quantitative estimate of drug-likeness (QED) is 0.140. The molecule has 62 heavy (non-hydrogen) atoms. The molecular weight excluding hydrogens is 832 g/mol. The molecule has 6 rings (SSSR count). The van der Waals surface area contributed by atoms with Gasteiger partial charge < -0.3 is 29.7 Å². The molecule has 3 N–H and O–H groups in total. The number of aromatic nitrogens is 1. The SMILES string of the molecule is C=C1C[C@]1(NC(=O)[C@@H]1C[C@@H](Oc2cc(-c3ccccc3)nc3cc(OC)ccc23)CN1C(=O)C(NC(=O)OC(C)(C)C)C(C)(C)C)C(=O)NS(=O)(=O)c1ccccc1C(F)(F)F. The van der Waals surface area contributed by atoms with Crippen molar-refractivity contribution in [2.45, 2.75) is 94.8 Å². The summed E-state index contributed by atoms with van der Waals surface area (Å²) < 4.78 is 87.1. The topological polar surface area (TPSA) is 182 Å². The Bertz CT molecular complexity index is 2540. The Labute approximate surface area is 357 Å². The number of carbonyl (C=O) groups is 4. The van der Waals surface area contributed by atoms with E-state index in [1.807, 2.05) is 30.3 Å². The summed E-state index contributed by atoms with van der Waals surface area (Å²) in [7, 11) is -3.60. The van der Waals surface area contributed by atoms with Crippen LogP contribution < -0.4 is 24.8 Å². The minimum atomic E-state index is -5.12. The average Bonchev–Trinajstić information content (AvgIpc) is 3.64. The first-order valence-corrected chi connectivity index (χ1v) is 21.1. The number of benzene rings is 3. The fraction of sp³-hybridized carbons (Fsp3) is 0.386. The maximum absolute atomic E-state index is 14.7. The highest BCUT2D eigenvalue weighted by Gasteiger charge is 2.58. The Kier molecular flexibility index (Phi) is 12.1. The number of halogens is 3. The van der Waals surface area contributed by atoms with Gasteiger partial charge in [0.15, 0.2) is 0 Å². The number of alkyl halides is 3. The summed E-state index contributed by atoms with van der Waals surface area (Å²) in [6.45, 7) is 13.7. The number of nitrogens with zero attached hydrogens (tertiary/aromatic N) is 2. The average molecular weight is 880 g/mol. The summed E-state index contributed by atoms with van der Waals surface area (Å²) in [4.78, 5) is 60.8. The van der Waals surface area contributed by atoms with E-state index in [0.29, 0.717) is 40.2 Å². The minimum Gasteiger partial charge on any atom is -0.497 e. The van der Waals surface area contributed by atoms with E-state index in [-0.39, 0.29) is 25.0 Å². The van der Waals surface area contributed by atoms with Crippen LogP contribution in [0, 0.1) is 5.41 Å². The van der Waals surface area contributed by atoms with Crippen LogP contribution in [0.5, 0.6) is 11.5 Å². The van der Waals surface area contributed by atoms with Crippen LogP contribution in [0.3, 0.4) is 0 Å². The Hall–Kier alpha value is -6.17. The number of hydrogen-bond acceptors (Lipinski definition) is 10. The van der Waals surface area contributed by atoms with E-state index in [1.165, 1.54) is 12.0 Å². The third kappa shape index (κ3) is 9.80. The molecule has 2 fully saturated rings. The van der Waals surface area contributed by atoms with Crippen molar-refractivity contribution in [3.05, 3.63) is 96.6 Å². The molecule has 1 aliphatic carbocycles. The summed E-state index contributed by atoms with van der Waals surface area (Å²) in [5.74, 6) is -2.04. The summed E-state index contributed by atoms with van der Waals surface area (Å²) in [5.41, 5.74) is -3.46. The third-order valence-corrected chi connectivity index (χ3v) is 11.7. The first-order chi connectivity index (χ1) is 28.8. The van der Waals surface area contributed by atoms with E-state index < -0.39 is 85.2 Å². The first kappa shape index (κ1) is 45.4. The van der Waals surface area contributed by atoms with Crippen LogP contribution in [-0.2, 0) is 35.3 Å². The molecule has 330 valence electrons. The van der Waals surface area contributed by atoms with E-state index in [9.17, 15) is 40.8 Å². The number of fused-ring (bicyclic) bond motifs is 1. The Morgan fingerprint density at radius 1 is 0.935 bits per heavy atom. The van der Waals surface area contributed by atoms with Gasteiger partial charge >= 0.3 is 12.3 Å². The maximum atomic E-state index is 14.7. The zero-order valence-electron chi connectivity index (χ0n) is 35.2. The summed E-state index contributed by atoms with van der Waals surface area (Å²) in [6.07, 6.45) is -7.23. The number of ether oxygens (including phenoxy) is 3. The van der Waals surface area contributed by atoms with Crippen molar-refractivity contribution in [2.24, 2.45) is 5.41 Å². The van der Waals surface area contributed by atoms with Gasteiger partial charge in [-0.05, 0) is 56.0 Å². The van der Waals surface area contributed by atoms with Crippen LogP contribution in [0.4, 0.5) is 18.0 Å². The van der Waals surface area contributed by atoms with Crippen LogP contribution in [0.25, 0.3) is 22.2 Å². The molecule has 2 aliphatic rings. The summed E-state index contributed by atoms with van der Waals surface area (Å²) in [6, 6.07) is 17.0. The Morgan fingerprint density at radius 3 is 2.18 bits per heavy atom. The number of amides is 4. The van der Waals surface area contributed by atoms with Crippen molar-refractivity contribution in [2.75, 3.05) is 13.7 Å². The number of nitrogens with one attached hydrogen (secondary N) is 3. The highest BCUT2D eigenvalue weighted by Crippen LogP contribution is 2.43. The van der Waals surface area contributed by atoms with Crippen molar-refractivity contribution in [1.29, 1.82) is 0 Å². The minimum absolute atomic E-state index is 0.0672. The highest BCUT2D eigenvalue weighted by atomic mass is 32.2. The molecule has 3 aromatic carbocycles. The number of alkyl carbamates (subject to hydrolysis) is 1. The number of sulfonamides is 1. The van der Waals surface area contributed by atoms with Crippen LogP contribution in [-0.4, -0.2) is 85.1 Å². The van der Waals surface area contributed by atoms with E-state index >= 15 is 0 Å². The van der Waals surface area contributed by atoms with Gasteiger partial charge in [-0.1, -0.05) is 69.8 Å². The number of rotatable bonds is 11. The second kappa shape index (κ2) is 16.6. The third-order valence-electron chi connectivity index (χ3n) is 10.4. The van der Waals surface area contributed by atoms with Gasteiger partial charge in [0.25, 0.3) is 15.9 Å². The number of methoxy groups -OCH3 is 1. The van der Waals surface area contributed by atoms with Gasteiger partial charge in [0, 0.05) is 35.9 Å². The zero-order valence-corrected chi connectivity index (χ0v) is 36.0. The van der Waals surface area contributed by atoms with Crippen LogP contribution >= 0.6 is 0 Å². The lowest BCUT2D eigenvalue weighted by atomic mass is 9.85. The number of carbonyl (C=O) groups excluding carboxylic acids is 4. The van der Waals surface area contributed by atoms with Crippen molar-refractivity contribution >= 4 is 44.7 Å². The summed E-state index contributed by atoms with van der Waals surface area (Å²) >= 11 is 0. The predicted octanol–water partition coefficient (Wildman–Crippen LogP) is 6.54. The second-order valence-electron chi connectivity index (χ2n) is 17.3. The molecule has 0 bridgehead atoms. The number of hydrogen-bond donors (Lipinski definition) is 3. The molecule has 1 saturated heterocycles. The first-order valence-electron chi connectivity index (χ1n) is 19.6.